The number of carbonyl (C=O) groups is 1. The minimum Gasteiger partial charge on any atom is -0.490 e. The van der Waals surface area contributed by atoms with Gasteiger partial charge in [0.05, 0.1) is 36.1 Å². The molecular formula is C33H27F2N5O4S. The van der Waals surface area contributed by atoms with Crippen LogP contribution in [0.4, 0.5) is 8.78 Å². The van der Waals surface area contributed by atoms with Crippen LogP contribution in [0.3, 0.4) is 0 Å². The first-order chi connectivity index (χ1) is 21.8. The van der Waals surface area contributed by atoms with Crippen molar-refractivity contribution in [1.29, 1.82) is 0 Å². The van der Waals surface area contributed by atoms with Crippen LogP contribution in [0.5, 0.6) is 5.75 Å². The van der Waals surface area contributed by atoms with Crippen LogP contribution in [0.2, 0.25) is 0 Å². The molecule has 5 heterocycles. The molecule has 0 aliphatic carbocycles. The number of fused-ring (bicyclic) bond motifs is 3. The summed E-state index contributed by atoms with van der Waals surface area (Å²) in [4.78, 5) is 23.9. The number of oxazole rings is 1. The quantitative estimate of drug-likeness (QED) is 0.197. The summed E-state index contributed by atoms with van der Waals surface area (Å²) in [5.41, 5.74) is 4.68. The number of thiophene rings is 1. The molecule has 1 amide bonds. The largest absolute Gasteiger partial charge is 0.490 e. The van der Waals surface area contributed by atoms with Gasteiger partial charge in [-0.05, 0) is 48.7 Å². The SMILES string of the molecule is C=CC(=O)N1CCn2nc(-c3nc(-c4ccc5oc(C)nc5c4)c4ccsc4c3-c3c(F)cc(F)cc3OCCO)cc2C1C. The maximum atomic E-state index is 15.9. The third kappa shape index (κ3) is 4.86. The van der Waals surface area contributed by atoms with E-state index < -0.39 is 11.6 Å². The number of aryl methyl sites for hydroxylation is 1. The predicted octanol–water partition coefficient (Wildman–Crippen LogP) is 6.68. The van der Waals surface area contributed by atoms with E-state index in [4.69, 9.17) is 19.2 Å². The number of aliphatic hydroxyl groups is 1. The molecule has 0 saturated carbocycles. The van der Waals surface area contributed by atoms with E-state index in [9.17, 15) is 14.3 Å². The third-order valence-corrected chi connectivity index (χ3v) is 8.88. The van der Waals surface area contributed by atoms with Gasteiger partial charge >= 0.3 is 0 Å². The van der Waals surface area contributed by atoms with E-state index in [1.807, 2.05) is 47.3 Å². The van der Waals surface area contributed by atoms with Crippen LogP contribution in [0, 0.1) is 18.6 Å². The number of rotatable bonds is 7. The van der Waals surface area contributed by atoms with E-state index in [1.54, 1.807) is 11.8 Å². The highest BCUT2D eigenvalue weighted by Crippen LogP contribution is 2.47. The molecule has 0 radical (unpaired) electrons. The highest BCUT2D eigenvalue weighted by atomic mass is 32.1. The van der Waals surface area contributed by atoms with Crippen molar-refractivity contribution >= 4 is 38.4 Å². The van der Waals surface area contributed by atoms with Crippen LogP contribution in [-0.4, -0.2) is 55.4 Å². The van der Waals surface area contributed by atoms with Gasteiger partial charge in [0.1, 0.15) is 40.9 Å². The Morgan fingerprint density at radius 1 is 1.16 bits per heavy atom. The van der Waals surface area contributed by atoms with Gasteiger partial charge in [-0.25, -0.2) is 18.7 Å². The highest BCUT2D eigenvalue weighted by Gasteiger charge is 2.31. The molecule has 0 saturated heterocycles. The molecule has 12 heteroatoms. The Balaban J connectivity index is 1.52. The Hall–Kier alpha value is -4.94. The number of nitrogens with zero attached hydrogens (tertiary/aromatic N) is 5. The van der Waals surface area contributed by atoms with Crippen molar-refractivity contribution in [2.45, 2.75) is 26.4 Å². The molecule has 4 aromatic heterocycles. The number of aliphatic hydroxyl groups excluding tert-OH is 1. The van der Waals surface area contributed by atoms with Gasteiger partial charge in [0.2, 0.25) is 5.91 Å². The molecule has 228 valence electrons. The second-order valence-electron chi connectivity index (χ2n) is 10.7. The Labute approximate surface area is 260 Å². The van der Waals surface area contributed by atoms with Gasteiger partial charge < -0.3 is 19.2 Å². The number of amides is 1. The molecule has 0 fully saturated rings. The molecule has 45 heavy (non-hydrogen) atoms. The Morgan fingerprint density at radius 3 is 2.80 bits per heavy atom. The van der Waals surface area contributed by atoms with Crippen LogP contribution in [-0.2, 0) is 11.3 Å². The molecule has 9 nitrogen and oxygen atoms in total. The van der Waals surface area contributed by atoms with Crippen molar-refractivity contribution in [3.63, 3.8) is 0 Å². The van der Waals surface area contributed by atoms with E-state index in [0.29, 0.717) is 57.4 Å². The van der Waals surface area contributed by atoms with Gasteiger partial charge in [-0.2, -0.15) is 5.10 Å². The summed E-state index contributed by atoms with van der Waals surface area (Å²) >= 11 is 1.38. The highest BCUT2D eigenvalue weighted by molar-refractivity contribution is 7.18. The van der Waals surface area contributed by atoms with Crippen LogP contribution >= 0.6 is 11.3 Å². The summed E-state index contributed by atoms with van der Waals surface area (Å²) in [6.45, 7) is 7.70. The lowest BCUT2D eigenvalue weighted by Crippen LogP contribution is -2.40. The zero-order chi connectivity index (χ0) is 31.4. The van der Waals surface area contributed by atoms with Gasteiger partial charge in [-0.15, -0.1) is 11.3 Å². The average Bonchev–Trinajstić information content (AvgIpc) is 3.77. The summed E-state index contributed by atoms with van der Waals surface area (Å²) in [6, 6.07) is 11.0. The van der Waals surface area contributed by atoms with Crippen LogP contribution < -0.4 is 4.74 Å². The molecule has 2 aromatic carbocycles. The molecule has 7 rings (SSSR count). The zero-order valence-corrected chi connectivity index (χ0v) is 25.2. The summed E-state index contributed by atoms with van der Waals surface area (Å²) in [5.74, 6) is -1.36. The van der Waals surface area contributed by atoms with Crippen LogP contribution in [0.15, 0.2) is 64.9 Å². The lowest BCUT2D eigenvalue weighted by molar-refractivity contribution is -0.129. The monoisotopic (exact) mass is 627 g/mol. The van der Waals surface area contributed by atoms with Crippen molar-refractivity contribution in [3.05, 3.63) is 83.7 Å². The lowest BCUT2D eigenvalue weighted by Gasteiger charge is -2.33. The maximum Gasteiger partial charge on any atom is 0.246 e. The molecule has 1 unspecified atom stereocenters. The molecule has 1 aliphatic heterocycles. The lowest BCUT2D eigenvalue weighted by atomic mass is 9.96. The summed E-state index contributed by atoms with van der Waals surface area (Å²) < 4.78 is 44.3. The van der Waals surface area contributed by atoms with Gasteiger partial charge in [-0.1, -0.05) is 6.58 Å². The second kappa shape index (κ2) is 11.2. The predicted molar refractivity (Wildman–Crippen MR) is 167 cm³/mol. The number of hydrogen-bond acceptors (Lipinski definition) is 8. The second-order valence-corrected chi connectivity index (χ2v) is 11.6. The van der Waals surface area contributed by atoms with E-state index >= 15 is 4.39 Å². The minimum atomic E-state index is -0.840. The number of hydrogen-bond donors (Lipinski definition) is 1. The topological polar surface area (TPSA) is 107 Å². The van der Waals surface area contributed by atoms with E-state index in [2.05, 4.69) is 11.6 Å². The van der Waals surface area contributed by atoms with E-state index in [0.717, 1.165) is 28.8 Å². The Bertz CT molecular complexity index is 2130. The summed E-state index contributed by atoms with van der Waals surface area (Å²) in [5, 5.41) is 17.0. The van der Waals surface area contributed by atoms with Crippen molar-refractivity contribution in [2.24, 2.45) is 0 Å². The van der Waals surface area contributed by atoms with Gasteiger partial charge in [-0.3, -0.25) is 9.48 Å². The van der Waals surface area contributed by atoms with Gasteiger partial charge in [0.15, 0.2) is 11.5 Å². The van der Waals surface area contributed by atoms with Crippen molar-refractivity contribution in [3.8, 4) is 39.5 Å². The van der Waals surface area contributed by atoms with Crippen LogP contribution in [0.1, 0.15) is 24.6 Å². The number of benzene rings is 2. The Morgan fingerprint density at radius 2 is 2.00 bits per heavy atom. The summed E-state index contributed by atoms with van der Waals surface area (Å²) in [6.07, 6.45) is 1.29. The van der Waals surface area contributed by atoms with Crippen molar-refractivity contribution < 1.29 is 27.8 Å². The van der Waals surface area contributed by atoms with E-state index in [1.165, 1.54) is 17.4 Å². The Kier molecular flexibility index (Phi) is 7.17. The van der Waals surface area contributed by atoms with Crippen LogP contribution in [0.25, 0.3) is 55.0 Å². The smallest absolute Gasteiger partial charge is 0.246 e. The number of carbonyl (C=O) groups excluding carboxylic acids is 1. The molecule has 1 N–H and O–H groups in total. The van der Waals surface area contributed by atoms with Crippen molar-refractivity contribution in [2.75, 3.05) is 19.8 Å². The molecule has 6 aromatic rings. The first kappa shape index (κ1) is 28.8. The first-order valence-corrected chi connectivity index (χ1v) is 15.2. The number of ether oxygens (including phenoxy) is 1. The zero-order valence-electron chi connectivity index (χ0n) is 24.4. The van der Waals surface area contributed by atoms with E-state index in [-0.39, 0.29) is 36.5 Å². The molecule has 0 bridgehead atoms. The van der Waals surface area contributed by atoms with Crippen molar-refractivity contribution in [1.82, 2.24) is 24.6 Å². The fraction of sp³-hybridized carbons (Fsp3) is 0.212. The molecule has 1 atom stereocenters. The first-order valence-electron chi connectivity index (χ1n) is 14.3. The maximum absolute atomic E-state index is 15.9. The molecule has 0 spiro atoms. The molecular weight excluding hydrogens is 600 g/mol. The summed E-state index contributed by atoms with van der Waals surface area (Å²) in [7, 11) is 0. The van der Waals surface area contributed by atoms with Gasteiger partial charge in [0, 0.05) is 46.8 Å². The number of aromatic nitrogens is 4. The normalized spacial score (nSPS) is 14.7. The minimum absolute atomic E-state index is 0.0106. The average molecular weight is 628 g/mol. The molecule has 1 aliphatic rings. The fourth-order valence-corrected chi connectivity index (χ4v) is 6.90. The standard InChI is InChI=1S/C33H27F2N5O4S/c1-4-28(42)39-8-9-40-25(17(39)2)16-24(38-40)32-30(29-22(35)14-20(34)15-27(29)43-11-10-41)33-21(7-12-45-33)31(37-32)19-5-6-26-23(13-19)36-18(3)44-26/h4-7,12-17,41H,1,8-11H2,2-3H3. The fourth-order valence-electron chi connectivity index (χ4n) is 5.95. The number of pyridine rings is 1. The number of halogens is 2. The third-order valence-electron chi connectivity index (χ3n) is 7.95. The van der Waals surface area contributed by atoms with Gasteiger partial charge in [0.25, 0.3) is 0 Å².